The highest BCUT2D eigenvalue weighted by Crippen LogP contribution is 2.33. The molecule has 15 heteroatoms. The number of barbiturate groups is 3. The fourth-order valence-corrected chi connectivity index (χ4v) is 13.1. The highest BCUT2D eigenvalue weighted by Gasteiger charge is 2.49. The van der Waals surface area contributed by atoms with Crippen molar-refractivity contribution in [2.45, 2.75) is 45.3 Å². The molecule has 15 rings (SSSR count). The number of fused-ring (bicyclic) bond motifs is 3. The van der Waals surface area contributed by atoms with E-state index in [2.05, 4.69) is 0 Å². The number of urea groups is 3. The van der Waals surface area contributed by atoms with Gasteiger partial charge in [-0.25, -0.2) is 24.2 Å². The normalized spacial score (nSPS) is 15.9. The molecule has 2 atom stereocenters. The summed E-state index contributed by atoms with van der Waals surface area (Å²) in [4.78, 5) is 128. The number of amides is 12. The SMILES string of the molecule is O=C1C(Cc2ccc3ccccc3c2)C(=O)N(Cc2ccccc2)C(=O)N1Cc1ccccc1.O=C1C(Cc2ccc3ccccc3c2)C(=O)N(c2ccccc2)C(=O)N1CCc1ccccc1.O=C1C(Cc2ccc3ccccc3c2)C(=O)N(c2ccccc2)C(=O)N1Cc1ccccc1. The summed E-state index contributed by atoms with van der Waals surface area (Å²) >= 11 is 0. The Bertz CT molecular complexity index is 4980. The largest absolute Gasteiger partial charge is 0.338 e. The van der Waals surface area contributed by atoms with E-state index in [0.29, 0.717) is 17.8 Å². The van der Waals surface area contributed by atoms with Gasteiger partial charge in [-0.3, -0.25) is 48.4 Å². The number of anilines is 2. The molecule has 2 unspecified atom stereocenters. The number of para-hydroxylation sites is 2. The molecule has 498 valence electrons. The van der Waals surface area contributed by atoms with Gasteiger partial charge in [0.25, 0.3) is 0 Å². The molecule has 0 aliphatic carbocycles. The van der Waals surface area contributed by atoms with Crippen LogP contribution in [0.25, 0.3) is 32.3 Å². The average Bonchev–Trinajstić information content (AvgIpc) is 0.777. The molecule has 0 saturated carbocycles. The maximum absolute atomic E-state index is 13.5. The van der Waals surface area contributed by atoms with Gasteiger partial charge in [-0.2, -0.15) is 0 Å². The zero-order valence-electron chi connectivity index (χ0n) is 55.2. The lowest BCUT2D eigenvalue weighted by Gasteiger charge is -2.37. The van der Waals surface area contributed by atoms with Gasteiger partial charge < -0.3 is 0 Å². The van der Waals surface area contributed by atoms with Gasteiger partial charge >= 0.3 is 18.1 Å². The Balaban J connectivity index is 0.000000135. The molecule has 0 aromatic heterocycles. The third kappa shape index (κ3) is 15.2. The molecule has 15 nitrogen and oxygen atoms in total. The molecule has 0 bridgehead atoms. The van der Waals surface area contributed by atoms with Crippen LogP contribution in [0.15, 0.2) is 309 Å². The maximum atomic E-state index is 13.5. The summed E-state index contributed by atoms with van der Waals surface area (Å²) in [7, 11) is 0. The molecule has 3 heterocycles. The van der Waals surface area contributed by atoms with Crippen molar-refractivity contribution in [1.82, 2.24) is 19.6 Å². The smallest absolute Gasteiger partial charge is 0.273 e. The zero-order chi connectivity index (χ0) is 69.8. The Morgan fingerprint density at radius 1 is 0.218 bits per heavy atom. The lowest BCUT2D eigenvalue weighted by molar-refractivity contribution is -0.150. The van der Waals surface area contributed by atoms with Crippen LogP contribution in [0.4, 0.5) is 25.8 Å². The average molecular weight is 1330 g/mol. The van der Waals surface area contributed by atoms with E-state index in [-0.39, 0.29) is 45.4 Å². The molecule has 0 radical (unpaired) electrons. The van der Waals surface area contributed by atoms with Gasteiger partial charge in [0, 0.05) is 6.54 Å². The first-order chi connectivity index (χ1) is 49.3. The molecular weight excluding hydrogens is 1260 g/mol. The summed E-state index contributed by atoms with van der Waals surface area (Å²) in [5.74, 6) is -5.67. The fourth-order valence-electron chi connectivity index (χ4n) is 13.1. The van der Waals surface area contributed by atoms with Gasteiger partial charge in [-0.05, 0) is 121 Å². The minimum atomic E-state index is -0.979. The number of carbonyl (C=O) groups is 9. The van der Waals surface area contributed by atoms with Crippen LogP contribution in [0.3, 0.4) is 0 Å². The second kappa shape index (κ2) is 30.8. The first kappa shape index (κ1) is 66.8. The van der Waals surface area contributed by atoms with Crippen LogP contribution in [0.2, 0.25) is 0 Å². The number of imide groups is 6. The highest BCUT2D eigenvalue weighted by atomic mass is 16.2. The van der Waals surface area contributed by atoms with Gasteiger partial charge in [-0.15, -0.1) is 0 Å². The molecule has 3 aliphatic heterocycles. The van der Waals surface area contributed by atoms with Crippen molar-refractivity contribution in [3.05, 3.63) is 348 Å². The summed E-state index contributed by atoms with van der Waals surface area (Å²) in [6.45, 7) is 0.590. The van der Waals surface area contributed by atoms with Crippen molar-refractivity contribution in [3.8, 4) is 0 Å². The highest BCUT2D eigenvalue weighted by molar-refractivity contribution is 6.28. The number of rotatable bonds is 17. The molecule has 3 fully saturated rings. The quantitative estimate of drug-likeness (QED) is 0.0804. The third-order valence-electron chi connectivity index (χ3n) is 18.4. The van der Waals surface area contributed by atoms with Crippen LogP contribution in [-0.4, -0.2) is 79.7 Å². The van der Waals surface area contributed by atoms with Crippen molar-refractivity contribution < 1.29 is 43.2 Å². The Labute approximate surface area is 584 Å². The fraction of sp³-hybridized carbons (Fsp3) is 0.128. The van der Waals surface area contributed by atoms with Crippen molar-refractivity contribution in [2.75, 3.05) is 16.3 Å². The lowest BCUT2D eigenvalue weighted by Crippen LogP contribution is -2.60. The van der Waals surface area contributed by atoms with E-state index in [1.54, 1.807) is 48.5 Å². The molecule has 101 heavy (non-hydrogen) atoms. The molecule has 3 aliphatic rings. The molecule has 12 aromatic carbocycles. The van der Waals surface area contributed by atoms with Crippen LogP contribution in [0.1, 0.15) is 38.9 Å². The van der Waals surface area contributed by atoms with E-state index in [9.17, 15) is 43.2 Å². The van der Waals surface area contributed by atoms with E-state index < -0.39 is 71.3 Å². The molecule has 12 aromatic rings. The van der Waals surface area contributed by atoms with Crippen molar-refractivity contribution in [3.63, 3.8) is 0 Å². The minimum absolute atomic E-state index is 0.114. The Kier molecular flexibility index (Phi) is 20.4. The standard InChI is InChI=1S/2C29H24N2O3.C28H22N2O3/c32-27-26(20-22-15-16-23-11-7-8-12-24(23)19-22)28(33)31(25-13-5-2-6-14-25)29(34)30(27)18-17-21-9-3-1-4-10-21;32-27-26(18-23-15-16-24-13-7-8-14-25(24)17-23)28(33)31(20-22-11-5-2-6-12-22)29(34)30(27)19-21-9-3-1-4-10-21;31-26-25(18-21-15-16-22-11-7-8-12-23(22)17-21)27(32)30(24-13-5-2-6-14-24)28(33)29(26)19-20-9-3-1-4-10-20/h1-16,19,26H,17-18,20H2;1-17,26H,18-20H2;1-17,25H,18-19H2. The molecule has 0 spiro atoms. The lowest BCUT2D eigenvalue weighted by atomic mass is 9.93. The second-order valence-corrected chi connectivity index (χ2v) is 25.1. The van der Waals surface area contributed by atoms with Crippen LogP contribution >= 0.6 is 0 Å². The topological polar surface area (TPSA) is 173 Å². The van der Waals surface area contributed by atoms with Crippen LogP contribution < -0.4 is 9.80 Å². The van der Waals surface area contributed by atoms with Crippen molar-refractivity contribution in [1.29, 1.82) is 0 Å². The van der Waals surface area contributed by atoms with Crippen molar-refractivity contribution >= 4 is 97.2 Å². The molecule has 0 N–H and O–H groups in total. The first-order valence-electron chi connectivity index (χ1n) is 33.6. The van der Waals surface area contributed by atoms with E-state index in [0.717, 1.165) is 81.1 Å². The van der Waals surface area contributed by atoms with Gasteiger partial charge in [0.15, 0.2) is 0 Å². The summed E-state index contributed by atoms with van der Waals surface area (Å²) in [5, 5.41) is 6.43. The Morgan fingerprint density at radius 2 is 0.475 bits per heavy atom. The van der Waals surface area contributed by atoms with Gasteiger partial charge in [-0.1, -0.05) is 285 Å². The number of nitrogens with zero attached hydrogens (tertiary/aromatic N) is 6. The predicted molar refractivity (Wildman–Crippen MR) is 390 cm³/mol. The van der Waals surface area contributed by atoms with Crippen LogP contribution in [0.5, 0.6) is 0 Å². The monoisotopic (exact) mass is 1330 g/mol. The molecule has 12 amide bonds. The third-order valence-corrected chi connectivity index (χ3v) is 18.4. The molecular formula is C86H70N6O9. The maximum Gasteiger partial charge on any atom is 0.338 e. The summed E-state index contributed by atoms with van der Waals surface area (Å²) in [5.41, 5.74) is 7.10. The van der Waals surface area contributed by atoms with Gasteiger partial charge in [0.2, 0.25) is 35.4 Å². The van der Waals surface area contributed by atoms with E-state index in [4.69, 9.17) is 0 Å². The second-order valence-electron chi connectivity index (χ2n) is 25.1. The number of benzene rings is 12. The van der Waals surface area contributed by atoms with Crippen LogP contribution in [-0.2, 0) is 74.1 Å². The number of hydrogen-bond acceptors (Lipinski definition) is 9. The van der Waals surface area contributed by atoms with E-state index >= 15 is 0 Å². The van der Waals surface area contributed by atoms with E-state index in [1.165, 1.54) is 19.6 Å². The summed E-state index contributed by atoms with van der Waals surface area (Å²) < 4.78 is 0. The predicted octanol–water partition coefficient (Wildman–Crippen LogP) is 15.6. The first-order valence-corrected chi connectivity index (χ1v) is 33.6. The Morgan fingerprint density at radius 3 is 0.812 bits per heavy atom. The van der Waals surface area contributed by atoms with Crippen LogP contribution in [0, 0.1) is 17.8 Å². The van der Waals surface area contributed by atoms with E-state index in [1.807, 2.05) is 261 Å². The summed E-state index contributed by atoms with van der Waals surface area (Å²) in [6.07, 6.45) is 1.23. The number of carbonyl (C=O) groups excluding carboxylic acids is 9. The summed E-state index contributed by atoms with van der Waals surface area (Å²) in [6, 6.07) is 95.3. The van der Waals surface area contributed by atoms with Gasteiger partial charge in [0.1, 0.15) is 17.8 Å². The van der Waals surface area contributed by atoms with Gasteiger partial charge in [0.05, 0.1) is 31.0 Å². The van der Waals surface area contributed by atoms with Crippen molar-refractivity contribution in [2.24, 2.45) is 17.8 Å². The number of hydrogen-bond donors (Lipinski definition) is 0. The minimum Gasteiger partial charge on any atom is -0.273 e. The Hall–Kier alpha value is -12.8. The molecule has 3 saturated heterocycles. The zero-order valence-corrected chi connectivity index (χ0v) is 55.2.